The fourth-order valence-electron chi connectivity index (χ4n) is 2.94. The Labute approximate surface area is 135 Å². The van der Waals surface area contributed by atoms with Crippen molar-refractivity contribution in [2.45, 2.75) is 32.4 Å². The number of likely N-dealkylation sites (N-methyl/N-ethyl adjacent to an activating group) is 1. The number of para-hydroxylation sites is 1. The van der Waals surface area contributed by atoms with Crippen LogP contribution in [0.5, 0.6) is 0 Å². The number of rotatable bonds is 5. The fourth-order valence-corrected chi connectivity index (χ4v) is 2.94. The summed E-state index contributed by atoms with van der Waals surface area (Å²) >= 11 is 0. The van der Waals surface area contributed by atoms with Crippen molar-refractivity contribution >= 4 is 11.6 Å². The van der Waals surface area contributed by atoms with Gasteiger partial charge in [0.25, 0.3) is 0 Å². The molecule has 0 atom stereocenters. The minimum atomic E-state index is -0.00857. The van der Waals surface area contributed by atoms with E-state index in [9.17, 15) is 4.79 Å². The molecular weight excluding hydrogens is 292 g/mol. The van der Waals surface area contributed by atoms with Gasteiger partial charge >= 0.3 is 0 Å². The zero-order valence-corrected chi connectivity index (χ0v) is 13.4. The molecule has 1 fully saturated rings. The summed E-state index contributed by atoms with van der Waals surface area (Å²) < 4.78 is 1.44. The SMILES string of the molecule is CN(Cc1ccccc1N1CCCCC1)C(=O)Cn1cnnn1. The average Bonchev–Trinajstić information content (AvgIpc) is 3.09. The largest absolute Gasteiger partial charge is 0.371 e. The summed E-state index contributed by atoms with van der Waals surface area (Å²) in [7, 11) is 1.82. The monoisotopic (exact) mass is 314 g/mol. The third-order valence-electron chi connectivity index (χ3n) is 4.21. The van der Waals surface area contributed by atoms with Crippen molar-refractivity contribution in [3.05, 3.63) is 36.2 Å². The predicted octanol–water partition coefficient (Wildman–Crippen LogP) is 1.32. The Morgan fingerprint density at radius 1 is 1.22 bits per heavy atom. The molecule has 0 bridgehead atoms. The van der Waals surface area contributed by atoms with Crippen LogP contribution in [0, 0.1) is 0 Å². The van der Waals surface area contributed by atoms with Crippen molar-refractivity contribution in [3.63, 3.8) is 0 Å². The van der Waals surface area contributed by atoms with E-state index >= 15 is 0 Å². The van der Waals surface area contributed by atoms with E-state index in [0.717, 1.165) is 13.1 Å². The van der Waals surface area contributed by atoms with Gasteiger partial charge in [-0.3, -0.25) is 4.79 Å². The first-order valence-electron chi connectivity index (χ1n) is 8.01. The summed E-state index contributed by atoms with van der Waals surface area (Å²) in [5.74, 6) is -0.00857. The summed E-state index contributed by atoms with van der Waals surface area (Å²) in [6.07, 6.45) is 5.24. The van der Waals surface area contributed by atoms with Gasteiger partial charge in [-0.05, 0) is 41.3 Å². The lowest BCUT2D eigenvalue weighted by atomic mass is 10.1. The number of nitrogens with zero attached hydrogens (tertiary/aromatic N) is 6. The maximum atomic E-state index is 12.3. The van der Waals surface area contributed by atoms with Crippen LogP contribution in [0.2, 0.25) is 0 Å². The number of anilines is 1. The molecule has 0 aliphatic carbocycles. The van der Waals surface area contributed by atoms with Crippen LogP contribution in [0.1, 0.15) is 24.8 Å². The maximum absolute atomic E-state index is 12.3. The molecule has 1 aromatic heterocycles. The smallest absolute Gasteiger partial charge is 0.244 e. The first-order valence-corrected chi connectivity index (χ1v) is 8.01. The second kappa shape index (κ2) is 7.21. The average molecular weight is 314 g/mol. The number of hydrogen-bond acceptors (Lipinski definition) is 5. The molecule has 0 spiro atoms. The molecule has 1 aliphatic heterocycles. The highest BCUT2D eigenvalue weighted by molar-refractivity contribution is 5.75. The lowest BCUT2D eigenvalue weighted by molar-refractivity contribution is -0.131. The summed E-state index contributed by atoms with van der Waals surface area (Å²) in [5, 5.41) is 10.8. The van der Waals surface area contributed by atoms with E-state index in [1.54, 1.807) is 4.90 Å². The molecule has 1 amide bonds. The van der Waals surface area contributed by atoms with Gasteiger partial charge in [-0.1, -0.05) is 18.2 Å². The molecule has 0 radical (unpaired) electrons. The van der Waals surface area contributed by atoms with Gasteiger partial charge in [-0.2, -0.15) is 0 Å². The van der Waals surface area contributed by atoms with Gasteiger partial charge in [0.15, 0.2) is 0 Å². The maximum Gasteiger partial charge on any atom is 0.244 e. The van der Waals surface area contributed by atoms with Gasteiger partial charge in [0.05, 0.1) is 0 Å². The first kappa shape index (κ1) is 15.5. The Morgan fingerprint density at radius 3 is 2.74 bits per heavy atom. The van der Waals surface area contributed by atoms with E-state index < -0.39 is 0 Å². The van der Waals surface area contributed by atoms with Crippen LogP contribution in [-0.2, 0) is 17.9 Å². The van der Waals surface area contributed by atoms with E-state index in [2.05, 4.69) is 38.6 Å². The van der Waals surface area contributed by atoms with Crippen LogP contribution in [0.3, 0.4) is 0 Å². The molecule has 0 N–H and O–H groups in total. The summed E-state index contributed by atoms with van der Waals surface area (Å²) in [6.45, 7) is 2.95. The van der Waals surface area contributed by atoms with Crippen LogP contribution in [0.25, 0.3) is 0 Å². The van der Waals surface area contributed by atoms with Crippen LogP contribution in [0.15, 0.2) is 30.6 Å². The third kappa shape index (κ3) is 3.85. The molecule has 23 heavy (non-hydrogen) atoms. The van der Waals surface area contributed by atoms with Gasteiger partial charge < -0.3 is 9.80 Å². The van der Waals surface area contributed by atoms with Gasteiger partial charge in [0.2, 0.25) is 5.91 Å². The lowest BCUT2D eigenvalue weighted by Crippen LogP contribution is -2.33. The van der Waals surface area contributed by atoms with Crippen LogP contribution in [-0.4, -0.2) is 51.2 Å². The molecule has 2 aromatic rings. The number of benzene rings is 1. The second-order valence-corrected chi connectivity index (χ2v) is 5.93. The number of carbonyl (C=O) groups is 1. The number of piperidine rings is 1. The van der Waals surface area contributed by atoms with E-state index in [1.165, 1.54) is 41.5 Å². The number of hydrogen-bond donors (Lipinski definition) is 0. The standard InChI is InChI=1S/C16H22N6O/c1-20(16(23)12-22-13-17-18-19-22)11-14-7-3-4-8-15(14)21-9-5-2-6-10-21/h3-4,7-8,13H,2,5-6,9-12H2,1H3. The fraction of sp³-hybridized carbons (Fsp3) is 0.500. The molecule has 1 saturated heterocycles. The lowest BCUT2D eigenvalue weighted by Gasteiger charge is -2.31. The minimum Gasteiger partial charge on any atom is -0.371 e. The molecular formula is C16H22N6O. The van der Waals surface area contributed by atoms with E-state index in [1.807, 2.05) is 13.1 Å². The molecule has 122 valence electrons. The third-order valence-corrected chi connectivity index (χ3v) is 4.21. The van der Waals surface area contributed by atoms with E-state index in [-0.39, 0.29) is 12.5 Å². The first-order chi connectivity index (χ1) is 11.2. The molecule has 7 heteroatoms. The summed E-state index contributed by atoms with van der Waals surface area (Å²) in [4.78, 5) is 16.5. The number of carbonyl (C=O) groups excluding carboxylic acids is 1. The van der Waals surface area contributed by atoms with E-state index in [4.69, 9.17) is 0 Å². The van der Waals surface area contributed by atoms with Gasteiger partial charge in [-0.25, -0.2) is 4.68 Å². The van der Waals surface area contributed by atoms with Crippen molar-refractivity contribution in [1.82, 2.24) is 25.1 Å². The van der Waals surface area contributed by atoms with Gasteiger partial charge in [0.1, 0.15) is 12.9 Å². The highest BCUT2D eigenvalue weighted by atomic mass is 16.2. The Hall–Kier alpha value is -2.44. The van der Waals surface area contributed by atoms with Crippen molar-refractivity contribution in [3.8, 4) is 0 Å². The summed E-state index contributed by atoms with van der Waals surface area (Å²) in [6, 6.07) is 8.35. The Balaban J connectivity index is 1.68. The Morgan fingerprint density at radius 2 is 2.00 bits per heavy atom. The van der Waals surface area contributed by atoms with Crippen molar-refractivity contribution in [1.29, 1.82) is 0 Å². The van der Waals surface area contributed by atoms with Crippen LogP contribution >= 0.6 is 0 Å². The molecule has 3 rings (SSSR count). The number of amides is 1. The minimum absolute atomic E-state index is 0.00857. The number of tetrazole rings is 1. The summed E-state index contributed by atoms with van der Waals surface area (Å²) in [5.41, 5.74) is 2.43. The highest BCUT2D eigenvalue weighted by Crippen LogP contribution is 2.25. The molecule has 2 heterocycles. The Bertz CT molecular complexity index is 636. The van der Waals surface area contributed by atoms with Crippen molar-refractivity contribution in [2.24, 2.45) is 0 Å². The van der Waals surface area contributed by atoms with Gasteiger partial charge in [-0.15, -0.1) is 5.10 Å². The predicted molar refractivity (Wildman–Crippen MR) is 86.8 cm³/mol. The highest BCUT2D eigenvalue weighted by Gasteiger charge is 2.17. The quantitative estimate of drug-likeness (QED) is 0.833. The molecule has 1 aromatic carbocycles. The Kier molecular flexibility index (Phi) is 4.85. The second-order valence-electron chi connectivity index (χ2n) is 5.93. The molecule has 7 nitrogen and oxygen atoms in total. The zero-order valence-electron chi connectivity index (χ0n) is 13.4. The molecule has 1 aliphatic rings. The molecule has 0 saturated carbocycles. The van der Waals surface area contributed by atoms with E-state index in [0.29, 0.717) is 6.54 Å². The van der Waals surface area contributed by atoms with Crippen LogP contribution < -0.4 is 4.90 Å². The normalized spacial score (nSPS) is 14.7. The number of aromatic nitrogens is 4. The van der Waals surface area contributed by atoms with Crippen molar-refractivity contribution in [2.75, 3.05) is 25.0 Å². The topological polar surface area (TPSA) is 67.2 Å². The van der Waals surface area contributed by atoms with Gasteiger partial charge in [0, 0.05) is 32.4 Å². The molecule has 0 unspecified atom stereocenters. The van der Waals surface area contributed by atoms with Crippen LogP contribution in [0.4, 0.5) is 5.69 Å². The van der Waals surface area contributed by atoms with Crippen molar-refractivity contribution < 1.29 is 4.79 Å². The zero-order chi connectivity index (χ0) is 16.1.